The summed E-state index contributed by atoms with van der Waals surface area (Å²) in [5, 5.41) is 10.2. The molecule has 1 saturated heterocycles. The standard InChI is InChI=1S/C14H15N3O/c18-13-6-9-17(11-4-3-7-15-10-11)14(13)12-5-1-2-8-16-12/h1-5,7-8,10,13-14,18H,6,9H2. The monoisotopic (exact) mass is 241 g/mol. The first kappa shape index (κ1) is 11.2. The third-order valence-electron chi connectivity index (χ3n) is 3.33. The van der Waals surface area contributed by atoms with Crippen molar-refractivity contribution >= 4 is 5.69 Å². The third-order valence-corrected chi connectivity index (χ3v) is 3.33. The highest BCUT2D eigenvalue weighted by Gasteiger charge is 2.35. The Morgan fingerprint density at radius 1 is 1.17 bits per heavy atom. The Kier molecular flexibility index (Phi) is 2.94. The Labute approximate surface area is 106 Å². The average Bonchev–Trinajstić information content (AvgIpc) is 2.83. The van der Waals surface area contributed by atoms with Gasteiger partial charge in [0.1, 0.15) is 0 Å². The Balaban J connectivity index is 1.96. The SMILES string of the molecule is OC1CCN(c2cccnc2)C1c1ccccn1. The number of pyridine rings is 2. The van der Waals surface area contributed by atoms with Crippen molar-refractivity contribution in [2.45, 2.75) is 18.6 Å². The first-order valence-electron chi connectivity index (χ1n) is 6.12. The molecule has 1 fully saturated rings. The number of aromatic nitrogens is 2. The van der Waals surface area contributed by atoms with Gasteiger partial charge in [-0.15, -0.1) is 0 Å². The van der Waals surface area contributed by atoms with Crippen LogP contribution < -0.4 is 4.90 Å². The summed E-state index contributed by atoms with van der Waals surface area (Å²) < 4.78 is 0. The van der Waals surface area contributed by atoms with E-state index in [1.807, 2.05) is 36.5 Å². The van der Waals surface area contributed by atoms with Crippen LogP contribution >= 0.6 is 0 Å². The molecular formula is C14H15N3O. The second-order valence-corrected chi connectivity index (χ2v) is 4.46. The van der Waals surface area contributed by atoms with Crippen molar-refractivity contribution in [3.05, 3.63) is 54.6 Å². The van der Waals surface area contributed by atoms with Gasteiger partial charge >= 0.3 is 0 Å². The second kappa shape index (κ2) is 4.74. The van der Waals surface area contributed by atoms with Crippen LogP contribution in [0.25, 0.3) is 0 Å². The second-order valence-electron chi connectivity index (χ2n) is 4.46. The molecule has 1 aliphatic rings. The molecule has 1 aliphatic heterocycles. The molecule has 0 amide bonds. The maximum atomic E-state index is 10.2. The van der Waals surface area contributed by atoms with Crippen LogP contribution in [0.4, 0.5) is 5.69 Å². The fourth-order valence-electron chi connectivity index (χ4n) is 2.50. The lowest BCUT2D eigenvalue weighted by atomic mass is 10.1. The zero-order valence-electron chi connectivity index (χ0n) is 9.98. The molecule has 4 nitrogen and oxygen atoms in total. The number of aliphatic hydroxyl groups excluding tert-OH is 1. The Morgan fingerprint density at radius 3 is 2.83 bits per heavy atom. The smallest absolute Gasteiger partial charge is 0.0973 e. The Morgan fingerprint density at radius 2 is 2.11 bits per heavy atom. The molecule has 2 unspecified atom stereocenters. The Hall–Kier alpha value is -1.94. The van der Waals surface area contributed by atoms with Gasteiger partial charge in [-0.25, -0.2) is 0 Å². The highest BCUT2D eigenvalue weighted by molar-refractivity contribution is 5.48. The number of anilines is 1. The van der Waals surface area contributed by atoms with Crippen molar-refractivity contribution < 1.29 is 5.11 Å². The van der Waals surface area contributed by atoms with Crippen LogP contribution in [-0.4, -0.2) is 27.7 Å². The van der Waals surface area contributed by atoms with Crippen molar-refractivity contribution in [3.63, 3.8) is 0 Å². The van der Waals surface area contributed by atoms with Gasteiger partial charge < -0.3 is 10.0 Å². The van der Waals surface area contributed by atoms with Crippen LogP contribution in [0.5, 0.6) is 0 Å². The van der Waals surface area contributed by atoms with Gasteiger partial charge in [0.25, 0.3) is 0 Å². The minimum Gasteiger partial charge on any atom is -0.390 e. The fourth-order valence-corrected chi connectivity index (χ4v) is 2.50. The molecule has 1 N–H and O–H groups in total. The molecule has 2 aromatic rings. The maximum absolute atomic E-state index is 10.2. The van der Waals surface area contributed by atoms with Crippen LogP contribution in [0.3, 0.4) is 0 Å². The number of aliphatic hydroxyl groups is 1. The van der Waals surface area contributed by atoms with E-state index < -0.39 is 0 Å². The van der Waals surface area contributed by atoms with E-state index >= 15 is 0 Å². The van der Waals surface area contributed by atoms with E-state index in [1.54, 1.807) is 12.4 Å². The van der Waals surface area contributed by atoms with Gasteiger partial charge in [0.2, 0.25) is 0 Å². The number of rotatable bonds is 2. The van der Waals surface area contributed by atoms with Crippen molar-refractivity contribution in [2.75, 3.05) is 11.4 Å². The molecule has 0 aromatic carbocycles. The van der Waals surface area contributed by atoms with Gasteiger partial charge in [-0.05, 0) is 30.7 Å². The van der Waals surface area contributed by atoms with Crippen LogP contribution in [0.15, 0.2) is 48.9 Å². The molecule has 0 radical (unpaired) electrons. The van der Waals surface area contributed by atoms with Crippen molar-refractivity contribution in [2.24, 2.45) is 0 Å². The summed E-state index contributed by atoms with van der Waals surface area (Å²) in [6.07, 6.45) is 5.73. The summed E-state index contributed by atoms with van der Waals surface area (Å²) in [7, 11) is 0. The van der Waals surface area contributed by atoms with E-state index in [2.05, 4.69) is 14.9 Å². The predicted octanol–water partition coefficient (Wildman–Crippen LogP) is 1.79. The van der Waals surface area contributed by atoms with E-state index in [0.29, 0.717) is 0 Å². The van der Waals surface area contributed by atoms with Crippen LogP contribution in [-0.2, 0) is 0 Å². The number of hydrogen-bond acceptors (Lipinski definition) is 4. The van der Waals surface area contributed by atoms with E-state index in [0.717, 1.165) is 24.3 Å². The first-order chi connectivity index (χ1) is 8.86. The maximum Gasteiger partial charge on any atom is 0.0973 e. The normalized spacial score (nSPS) is 23.3. The van der Waals surface area contributed by atoms with Gasteiger partial charge in [-0.1, -0.05) is 6.07 Å². The molecule has 0 bridgehead atoms. The summed E-state index contributed by atoms with van der Waals surface area (Å²) >= 11 is 0. The van der Waals surface area contributed by atoms with Gasteiger partial charge in [-0.2, -0.15) is 0 Å². The zero-order valence-corrected chi connectivity index (χ0v) is 9.98. The van der Waals surface area contributed by atoms with Crippen molar-refractivity contribution in [1.82, 2.24) is 9.97 Å². The van der Waals surface area contributed by atoms with Gasteiger partial charge in [0.15, 0.2) is 0 Å². The van der Waals surface area contributed by atoms with E-state index in [-0.39, 0.29) is 12.1 Å². The van der Waals surface area contributed by atoms with E-state index in [4.69, 9.17) is 0 Å². The molecule has 18 heavy (non-hydrogen) atoms. The lowest BCUT2D eigenvalue weighted by Gasteiger charge is -2.27. The third kappa shape index (κ3) is 1.95. The highest BCUT2D eigenvalue weighted by Crippen LogP contribution is 2.34. The average molecular weight is 241 g/mol. The molecule has 4 heteroatoms. The molecule has 2 aromatic heterocycles. The van der Waals surface area contributed by atoms with Crippen LogP contribution in [0, 0.1) is 0 Å². The van der Waals surface area contributed by atoms with Crippen molar-refractivity contribution in [1.29, 1.82) is 0 Å². The topological polar surface area (TPSA) is 49.2 Å². The minimum atomic E-state index is -0.375. The van der Waals surface area contributed by atoms with E-state index in [9.17, 15) is 5.11 Å². The molecule has 3 heterocycles. The summed E-state index contributed by atoms with van der Waals surface area (Å²) in [6.45, 7) is 0.827. The van der Waals surface area contributed by atoms with Crippen LogP contribution in [0.1, 0.15) is 18.2 Å². The number of nitrogens with zero attached hydrogens (tertiary/aromatic N) is 3. The highest BCUT2D eigenvalue weighted by atomic mass is 16.3. The van der Waals surface area contributed by atoms with Gasteiger partial charge in [0.05, 0.1) is 29.7 Å². The molecule has 92 valence electrons. The molecule has 0 spiro atoms. The van der Waals surface area contributed by atoms with Gasteiger partial charge in [-0.3, -0.25) is 9.97 Å². The quantitative estimate of drug-likeness (QED) is 0.870. The summed E-state index contributed by atoms with van der Waals surface area (Å²) in [6, 6.07) is 9.66. The van der Waals surface area contributed by atoms with Gasteiger partial charge in [0, 0.05) is 18.9 Å². The van der Waals surface area contributed by atoms with E-state index in [1.165, 1.54) is 0 Å². The van der Waals surface area contributed by atoms with Crippen molar-refractivity contribution in [3.8, 4) is 0 Å². The molecule has 3 rings (SSSR count). The molecule has 2 atom stereocenters. The molecule has 0 aliphatic carbocycles. The predicted molar refractivity (Wildman–Crippen MR) is 69.2 cm³/mol. The molecule has 0 saturated carbocycles. The summed E-state index contributed by atoms with van der Waals surface area (Å²) in [5.41, 5.74) is 1.94. The zero-order chi connectivity index (χ0) is 12.4. The van der Waals surface area contributed by atoms with Crippen LogP contribution in [0.2, 0.25) is 0 Å². The summed E-state index contributed by atoms with van der Waals surface area (Å²) in [5.74, 6) is 0. The minimum absolute atomic E-state index is 0.0737. The lowest BCUT2D eigenvalue weighted by Crippen LogP contribution is -2.27. The molecular weight excluding hydrogens is 226 g/mol. The Bertz CT molecular complexity index is 503. The largest absolute Gasteiger partial charge is 0.390 e. The number of hydrogen-bond donors (Lipinski definition) is 1. The fraction of sp³-hybridized carbons (Fsp3) is 0.286. The summed E-state index contributed by atoms with van der Waals surface area (Å²) in [4.78, 5) is 10.7. The first-order valence-corrected chi connectivity index (χ1v) is 6.12. The lowest BCUT2D eigenvalue weighted by molar-refractivity contribution is 0.163.